The highest BCUT2D eigenvalue weighted by Gasteiger charge is 2.20. The zero-order valence-electron chi connectivity index (χ0n) is 16.6. The van der Waals surface area contributed by atoms with E-state index in [0.717, 1.165) is 22.4 Å². The van der Waals surface area contributed by atoms with Crippen molar-refractivity contribution in [3.63, 3.8) is 0 Å². The smallest absolute Gasteiger partial charge is 0.268 e. The molecule has 0 aliphatic heterocycles. The van der Waals surface area contributed by atoms with Crippen LogP contribution in [-0.2, 0) is 13.0 Å². The minimum Gasteiger partial charge on any atom is -0.333 e. The normalized spacial score (nSPS) is 11.3. The highest BCUT2D eigenvalue weighted by molar-refractivity contribution is 7.22. The molecule has 154 valence electrons. The van der Waals surface area contributed by atoms with Gasteiger partial charge in [-0.15, -0.1) is 11.3 Å². The lowest BCUT2D eigenvalue weighted by Crippen LogP contribution is -2.21. The lowest BCUT2D eigenvalue weighted by atomic mass is 10.1. The molecular weight excluding hydrogens is 432 g/mol. The topological polar surface area (TPSA) is 73.8 Å². The zero-order chi connectivity index (χ0) is 21.4. The monoisotopic (exact) mass is 448 g/mol. The van der Waals surface area contributed by atoms with Crippen molar-refractivity contribution in [3.8, 4) is 22.2 Å². The van der Waals surface area contributed by atoms with Gasteiger partial charge in [-0.3, -0.25) is 9.36 Å². The molecule has 0 unspecified atom stereocenters. The molecule has 0 amide bonds. The van der Waals surface area contributed by atoms with Crippen molar-refractivity contribution in [2.24, 2.45) is 0 Å². The molecule has 0 atom stereocenters. The summed E-state index contributed by atoms with van der Waals surface area (Å²) >= 11 is 7.33. The summed E-state index contributed by atoms with van der Waals surface area (Å²) in [5.74, 6) is 0.845. The fourth-order valence-electron chi connectivity index (χ4n) is 3.45. The third-order valence-corrected chi connectivity index (χ3v) is 6.56. The van der Waals surface area contributed by atoms with Gasteiger partial charge in [0.05, 0.1) is 16.6 Å². The largest absolute Gasteiger partial charge is 0.333 e. The first-order valence-corrected chi connectivity index (χ1v) is 10.9. The molecule has 8 heteroatoms. The molecule has 0 saturated carbocycles. The SMILES string of the molecule is Cc1c(-c2nc(-c3ccc(Cl)cc3)no2)sc2ncn(CCc3ccccc3)c(=O)c12. The van der Waals surface area contributed by atoms with Crippen molar-refractivity contribution in [1.29, 1.82) is 0 Å². The van der Waals surface area contributed by atoms with Gasteiger partial charge in [0, 0.05) is 17.1 Å². The Morgan fingerprint density at radius 1 is 1.10 bits per heavy atom. The summed E-state index contributed by atoms with van der Waals surface area (Å²) in [5.41, 5.74) is 2.73. The van der Waals surface area contributed by atoms with Gasteiger partial charge >= 0.3 is 0 Å². The van der Waals surface area contributed by atoms with Crippen LogP contribution in [0, 0.1) is 6.92 Å². The van der Waals surface area contributed by atoms with Crippen LogP contribution in [0.5, 0.6) is 0 Å². The van der Waals surface area contributed by atoms with Crippen molar-refractivity contribution < 1.29 is 4.52 Å². The Morgan fingerprint density at radius 3 is 2.65 bits per heavy atom. The van der Waals surface area contributed by atoms with E-state index in [2.05, 4.69) is 27.3 Å². The highest BCUT2D eigenvalue weighted by Crippen LogP contribution is 2.35. The Kier molecular flexibility index (Phi) is 5.13. The fraction of sp³-hybridized carbons (Fsp3) is 0.130. The van der Waals surface area contributed by atoms with E-state index in [9.17, 15) is 4.79 Å². The van der Waals surface area contributed by atoms with Crippen molar-refractivity contribution >= 4 is 33.2 Å². The summed E-state index contributed by atoms with van der Waals surface area (Å²) in [6, 6.07) is 17.3. The van der Waals surface area contributed by atoms with Crippen LogP contribution >= 0.6 is 22.9 Å². The van der Waals surface area contributed by atoms with Crippen molar-refractivity contribution in [2.75, 3.05) is 0 Å². The van der Waals surface area contributed by atoms with Crippen LogP contribution < -0.4 is 5.56 Å². The number of aromatic nitrogens is 4. The lowest BCUT2D eigenvalue weighted by Gasteiger charge is -2.05. The summed E-state index contributed by atoms with van der Waals surface area (Å²) in [5, 5.41) is 5.32. The Bertz CT molecular complexity index is 1420. The van der Waals surface area contributed by atoms with Crippen LogP contribution in [0.15, 0.2) is 70.2 Å². The molecule has 3 aromatic heterocycles. The molecule has 2 aromatic carbocycles. The minimum absolute atomic E-state index is 0.0571. The predicted octanol–water partition coefficient (Wildman–Crippen LogP) is 5.38. The van der Waals surface area contributed by atoms with Crippen LogP contribution in [0.2, 0.25) is 5.02 Å². The number of hydrogen-bond donors (Lipinski definition) is 0. The Labute approximate surface area is 186 Å². The van der Waals surface area contributed by atoms with E-state index in [-0.39, 0.29) is 5.56 Å². The minimum atomic E-state index is -0.0571. The van der Waals surface area contributed by atoms with Gasteiger partial charge in [-0.1, -0.05) is 47.1 Å². The molecule has 0 fully saturated rings. The molecule has 0 aliphatic rings. The van der Waals surface area contributed by atoms with Crippen LogP contribution in [-0.4, -0.2) is 19.7 Å². The van der Waals surface area contributed by atoms with E-state index in [1.807, 2.05) is 37.3 Å². The third-order valence-electron chi connectivity index (χ3n) is 5.12. The average Bonchev–Trinajstić information content (AvgIpc) is 3.40. The summed E-state index contributed by atoms with van der Waals surface area (Å²) in [7, 11) is 0. The van der Waals surface area contributed by atoms with E-state index in [4.69, 9.17) is 16.1 Å². The summed E-state index contributed by atoms with van der Waals surface area (Å²) in [6.45, 7) is 2.46. The number of fused-ring (bicyclic) bond motifs is 1. The second-order valence-corrected chi connectivity index (χ2v) is 8.58. The molecule has 0 saturated heterocycles. The van der Waals surface area contributed by atoms with E-state index in [0.29, 0.717) is 33.5 Å². The molecule has 5 rings (SSSR count). The molecule has 0 N–H and O–H groups in total. The quantitative estimate of drug-likeness (QED) is 0.361. The Balaban J connectivity index is 1.48. The second-order valence-electron chi connectivity index (χ2n) is 7.15. The maximum atomic E-state index is 13.1. The van der Waals surface area contributed by atoms with Crippen LogP contribution in [0.1, 0.15) is 11.1 Å². The van der Waals surface area contributed by atoms with Crippen molar-refractivity contribution in [3.05, 3.63) is 87.4 Å². The second kappa shape index (κ2) is 8.09. The molecule has 3 heterocycles. The van der Waals surface area contributed by atoms with Gasteiger partial charge in [0.15, 0.2) is 0 Å². The van der Waals surface area contributed by atoms with E-state index >= 15 is 0 Å². The number of benzene rings is 2. The van der Waals surface area contributed by atoms with E-state index < -0.39 is 0 Å². The van der Waals surface area contributed by atoms with Gasteiger partial charge in [-0.25, -0.2) is 4.98 Å². The molecule has 0 radical (unpaired) electrons. The number of nitrogens with zero attached hydrogens (tertiary/aromatic N) is 4. The maximum absolute atomic E-state index is 13.1. The van der Waals surface area contributed by atoms with Gasteiger partial charge in [0.2, 0.25) is 5.82 Å². The van der Waals surface area contributed by atoms with Crippen LogP contribution in [0.25, 0.3) is 32.4 Å². The van der Waals surface area contributed by atoms with Gasteiger partial charge in [-0.2, -0.15) is 4.98 Å². The zero-order valence-corrected chi connectivity index (χ0v) is 18.2. The van der Waals surface area contributed by atoms with Crippen LogP contribution in [0.4, 0.5) is 0 Å². The number of hydrogen-bond acceptors (Lipinski definition) is 6. The van der Waals surface area contributed by atoms with Gasteiger partial charge in [0.25, 0.3) is 11.4 Å². The first kappa shape index (κ1) is 19.7. The molecule has 0 aliphatic carbocycles. The highest BCUT2D eigenvalue weighted by atomic mass is 35.5. The third kappa shape index (κ3) is 3.78. The molecular formula is C23H17ClN4O2S. The number of thiophene rings is 1. The molecule has 6 nitrogen and oxygen atoms in total. The Hall–Kier alpha value is -3.29. The van der Waals surface area contributed by atoms with Gasteiger partial charge < -0.3 is 4.52 Å². The van der Waals surface area contributed by atoms with Crippen LogP contribution in [0.3, 0.4) is 0 Å². The fourth-order valence-corrected chi connectivity index (χ4v) is 4.64. The number of rotatable bonds is 5. The van der Waals surface area contributed by atoms with E-state index in [1.54, 1.807) is 23.0 Å². The standard InChI is InChI=1S/C23H17ClN4O2S/c1-14-18-22(25-13-28(23(18)29)12-11-15-5-3-2-4-6-15)31-19(14)21-26-20(27-30-21)16-7-9-17(24)10-8-16/h2-10,13H,11-12H2,1H3. The molecule has 0 spiro atoms. The molecule has 31 heavy (non-hydrogen) atoms. The first-order valence-electron chi connectivity index (χ1n) is 9.72. The molecule has 0 bridgehead atoms. The predicted molar refractivity (Wildman–Crippen MR) is 123 cm³/mol. The van der Waals surface area contributed by atoms with Crippen molar-refractivity contribution in [2.45, 2.75) is 19.9 Å². The summed E-state index contributed by atoms with van der Waals surface area (Å²) in [6.07, 6.45) is 2.37. The first-order chi connectivity index (χ1) is 15.1. The lowest BCUT2D eigenvalue weighted by molar-refractivity contribution is 0.433. The van der Waals surface area contributed by atoms with Gasteiger partial charge in [0.1, 0.15) is 4.83 Å². The van der Waals surface area contributed by atoms with E-state index in [1.165, 1.54) is 16.9 Å². The number of aryl methyl sites for hydroxylation is 3. The van der Waals surface area contributed by atoms with Crippen molar-refractivity contribution in [1.82, 2.24) is 19.7 Å². The maximum Gasteiger partial charge on any atom is 0.268 e. The Morgan fingerprint density at radius 2 is 1.87 bits per heavy atom. The summed E-state index contributed by atoms with van der Waals surface area (Å²) < 4.78 is 7.16. The average molecular weight is 449 g/mol. The number of halogens is 1. The molecule has 5 aromatic rings. The summed E-state index contributed by atoms with van der Waals surface area (Å²) in [4.78, 5) is 23.6. The van der Waals surface area contributed by atoms with Gasteiger partial charge in [-0.05, 0) is 48.7 Å².